The number of sulfone groups is 1. The van der Waals surface area contributed by atoms with E-state index in [0.717, 1.165) is 66.6 Å². The molecule has 7 nitrogen and oxygen atoms in total. The van der Waals surface area contributed by atoms with Gasteiger partial charge in [-0.25, -0.2) is 17.8 Å². The molecule has 1 aromatic carbocycles. The Morgan fingerprint density at radius 2 is 1.98 bits per heavy atom. The lowest BCUT2D eigenvalue weighted by Gasteiger charge is -2.28. The van der Waals surface area contributed by atoms with E-state index in [1.165, 1.54) is 6.07 Å². The van der Waals surface area contributed by atoms with Crippen molar-refractivity contribution in [3.63, 3.8) is 0 Å². The first-order valence-corrected chi connectivity index (χ1v) is 17.4. The third-order valence-corrected chi connectivity index (χ3v) is 11.1. The zero-order valence-corrected chi connectivity index (χ0v) is 26.1. The quantitative estimate of drug-likeness (QED) is 0.187. The van der Waals surface area contributed by atoms with E-state index < -0.39 is 9.84 Å². The Bertz CT molecular complexity index is 1460. The van der Waals surface area contributed by atoms with Gasteiger partial charge in [-0.15, -0.1) is 0 Å². The summed E-state index contributed by atoms with van der Waals surface area (Å²) in [6, 6.07) is 5.42. The van der Waals surface area contributed by atoms with Gasteiger partial charge in [-0.3, -0.25) is 4.99 Å². The molecule has 1 aliphatic heterocycles. The summed E-state index contributed by atoms with van der Waals surface area (Å²) in [5.74, 6) is 1.23. The van der Waals surface area contributed by atoms with Crippen molar-refractivity contribution < 1.29 is 17.9 Å². The Kier molecular flexibility index (Phi) is 9.59. The number of benzene rings is 1. The van der Waals surface area contributed by atoms with E-state index in [1.54, 1.807) is 12.3 Å². The molecular formula is C32H42ClFN4O3S. The highest BCUT2D eigenvalue weighted by Crippen LogP contribution is 2.48. The first kappa shape index (κ1) is 31.0. The monoisotopic (exact) mass is 616 g/mol. The number of halogens is 2. The molecule has 1 aromatic heterocycles. The number of aliphatic hydroxyl groups excluding tert-OH is 1. The van der Waals surface area contributed by atoms with Crippen LogP contribution in [0, 0.1) is 17.2 Å². The third kappa shape index (κ3) is 7.00. The Morgan fingerprint density at radius 1 is 1.19 bits per heavy atom. The van der Waals surface area contributed by atoms with Crippen LogP contribution in [0.2, 0.25) is 5.02 Å². The second kappa shape index (κ2) is 13.0. The van der Waals surface area contributed by atoms with E-state index in [1.807, 2.05) is 19.2 Å². The molecule has 10 heteroatoms. The Hall–Kier alpha value is -2.49. The van der Waals surface area contributed by atoms with Crippen LogP contribution in [0.4, 0.5) is 15.9 Å². The summed E-state index contributed by atoms with van der Waals surface area (Å²) >= 11 is 6.67. The standard InChI is InChI=1S/C32H42ClFN4O3S/c1-3-12-32(15-22(32)18-39)20-37-31-25(4-2)26(9-10-29(31)34)27-14-30(36-17-28(27)33)38-23-7-5-21(6-8-23)16-35-24-11-13-42(40,41)19-24/h9-10,14-17,21,23-24,37,39H,3-8,11-13,18-20H2,1-2H3,(H,36,38). The van der Waals surface area contributed by atoms with E-state index in [0.29, 0.717) is 36.0 Å². The molecule has 1 saturated carbocycles. The summed E-state index contributed by atoms with van der Waals surface area (Å²) in [7, 11) is -2.91. The van der Waals surface area contributed by atoms with Crippen LogP contribution in [0.15, 0.2) is 41.0 Å². The molecule has 2 fully saturated rings. The van der Waals surface area contributed by atoms with E-state index in [2.05, 4.69) is 33.6 Å². The molecule has 228 valence electrons. The summed E-state index contributed by atoms with van der Waals surface area (Å²) in [5, 5.41) is 17.1. The molecule has 0 spiro atoms. The lowest BCUT2D eigenvalue weighted by Crippen LogP contribution is -2.27. The predicted octanol–water partition coefficient (Wildman–Crippen LogP) is 6.46. The molecule has 2 unspecified atom stereocenters. The number of aliphatic imine (C=N–C) groups is 1. The lowest BCUT2D eigenvalue weighted by atomic mass is 9.86. The van der Waals surface area contributed by atoms with Crippen molar-refractivity contribution in [2.24, 2.45) is 16.3 Å². The Labute approximate surface area is 254 Å². The van der Waals surface area contributed by atoms with E-state index in [4.69, 9.17) is 11.6 Å². The molecule has 42 heavy (non-hydrogen) atoms. The average Bonchev–Trinajstić information content (AvgIpc) is 3.56. The van der Waals surface area contributed by atoms with Crippen molar-refractivity contribution in [1.29, 1.82) is 0 Å². The summed E-state index contributed by atoms with van der Waals surface area (Å²) < 4.78 is 38.6. The SMILES string of the molecule is CCCC1(CNc2c(F)ccc(-c3cc(NC4CCC(C=NC5CCS(=O)(=O)C5)CC4)ncc3Cl)c2CC)C=C1CO. The van der Waals surface area contributed by atoms with Gasteiger partial charge >= 0.3 is 0 Å². The van der Waals surface area contributed by atoms with Crippen molar-refractivity contribution in [3.05, 3.63) is 52.4 Å². The zero-order chi connectivity index (χ0) is 29.9. The van der Waals surface area contributed by atoms with Crippen LogP contribution in [0.3, 0.4) is 0 Å². The number of hydrogen-bond donors (Lipinski definition) is 3. The molecule has 2 aromatic rings. The lowest BCUT2D eigenvalue weighted by molar-refractivity contribution is 0.317. The minimum absolute atomic E-state index is 0.0371. The first-order chi connectivity index (χ1) is 20.2. The van der Waals surface area contributed by atoms with Crippen molar-refractivity contribution in [2.45, 2.75) is 77.3 Å². The van der Waals surface area contributed by atoms with Gasteiger partial charge in [0.2, 0.25) is 0 Å². The topological polar surface area (TPSA) is 104 Å². The summed E-state index contributed by atoms with van der Waals surface area (Å²) in [6.07, 6.45) is 12.8. The fraction of sp³-hybridized carbons (Fsp3) is 0.562. The van der Waals surface area contributed by atoms with Gasteiger partial charge in [0.15, 0.2) is 9.84 Å². The van der Waals surface area contributed by atoms with E-state index >= 15 is 4.39 Å². The molecule has 3 aliphatic rings. The van der Waals surface area contributed by atoms with Gasteiger partial charge in [-0.2, -0.15) is 0 Å². The van der Waals surface area contributed by atoms with Crippen LogP contribution < -0.4 is 10.6 Å². The van der Waals surface area contributed by atoms with Gasteiger partial charge in [0.1, 0.15) is 11.6 Å². The second-order valence-corrected chi connectivity index (χ2v) is 14.7. The number of anilines is 2. The van der Waals surface area contributed by atoms with Crippen molar-refractivity contribution >= 4 is 39.2 Å². The van der Waals surface area contributed by atoms with Crippen LogP contribution in [-0.2, 0) is 16.3 Å². The number of hydrogen-bond acceptors (Lipinski definition) is 7. The van der Waals surface area contributed by atoms with Crippen LogP contribution in [0.1, 0.15) is 64.4 Å². The van der Waals surface area contributed by atoms with Crippen LogP contribution in [0.5, 0.6) is 0 Å². The van der Waals surface area contributed by atoms with Gasteiger partial charge in [-0.1, -0.05) is 44.0 Å². The highest BCUT2D eigenvalue weighted by Gasteiger charge is 2.42. The summed E-state index contributed by atoms with van der Waals surface area (Å²) in [6.45, 7) is 4.72. The average molecular weight is 617 g/mol. The van der Waals surface area contributed by atoms with Gasteiger partial charge in [0.05, 0.1) is 34.9 Å². The minimum Gasteiger partial charge on any atom is -0.392 e. The maximum Gasteiger partial charge on any atom is 0.152 e. The molecular weight excluding hydrogens is 575 g/mol. The van der Waals surface area contributed by atoms with Gasteiger partial charge < -0.3 is 15.7 Å². The maximum absolute atomic E-state index is 15.2. The number of nitrogens with zero attached hydrogens (tertiary/aromatic N) is 2. The highest BCUT2D eigenvalue weighted by molar-refractivity contribution is 7.91. The first-order valence-electron chi connectivity index (χ1n) is 15.2. The number of aliphatic hydroxyl groups is 1. The second-order valence-electron chi connectivity index (χ2n) is 12.0. The molecule has 2 aliphatic carbocycles. The molecule has 2 heterocycles. The van der Waals surface area contributed by atoms with Crippen molar-refractivity contribution in [2.75, 3.05) is 35.3 Å². The summed E-state index contributed by atoms with van der Waals surface area (Å²) in [4.78, 5) is 9.13. The molecule has 5 rings (SSSR count). The van der Waals surface area contributed by atoms with Crippen LogP contribution in [-0.4, -0.2) is 61.5 Å². The van der Waals surface area contributed by atoms with Gasteiger partial charge in [-0.05, 0) is 79.7 Å². The molecule has 0 amide bonds. The fourth-order valence-electron chi connectivity index (χ4n) is 6.59. The molecule has 3 N–H and O–H groups in total. The maximum atomic E-state index is 15.2. The Balaban J connectivity index is 1.26. The van der Waals surface area contributed by atoms with Crippen LogP contribution >= 0.6 is 11.6 Å². The zero-order valence-electron chi connectivity index (χ0n) is 24.5. The van der Waals surface area contributed by atoms with Gasteiger partial charge in [0.25, 0.3) is 0 Å². The smallest absolute Gasteiger partial charge is 0.152 e. The van der Waals surface area contributed by atoms with E-state index in [9.17, 15) is 13.5 Å². The molecule has 1 saturated heterocycles. The van der Waals surface area contributed by atoms with Crippen molar-refractivity contribution in [3.8, 4) is 11.1 Å². The normalized spacial score (nSPS) is 26.8. The number of pyridine rings is 1. The summed E-state index contributed by atoms with van der Waals surface area (Å²) in [5.41, 5.74) is 3.88. The Morgan fingerprint density at radius 3 is 2.62 bits per heavy atom. The largest absolute Gasteiger partial charge is 0.392 e. The number of rotatable bonds is 12. The number of nitrogens with one attached hydrogen (secondary N) is 2. The predicted molar refractivity (Wildman–Crippen MR) is 170 cm³/mol. The molecule has 0 radical (unpaired) electrons. The molecule has 0 bridgehead atoms. The van der Waals surface area contributed by atoms with E-state index in [-0.39, 0.29) is 41.4 Å². The number of aromatic nitrogens is 1. The fourth-order valence-corrected chi connectivity index (χ4v) is 8.43. The highest BCUT2D eigenvalue weighted by atomic mass is 35.5. The third-order valence-electron chi connectivity index (χ3n) is 9.05. The minimum atomic E-state index is -2.91. The molecule has 2 atom stereocenters. The van der Waals surface area contributed by atoms with Crippen molar-refractivity contribution in [1.82, 2.24) is 4.98 Å². The van der Waals surface area contributed by atoms with Crippen LogP contribution in [0.25, 0.3) is 11.1 Å². The van der Waals surface area contributed by atoms with Gasteiger partial charge in [0, 0.05) is 36.0 Å².